The van der Waals surface area contributed by atoms with Crippen molar-refractivity contribution in [2.24, 2.45) is 0 Å². The van der Waals surface area contributed by atoms with Crippen molar-refractivity contribution in [2.75, 3.05) is 63.6 Å². The van der Waals surface area contributed by atoms with Gasteiger partial charge in [0.05, 0.1) is 5.39 Å². The lowest BCUT2D eigenvalue weighted by Crippen LogP contribution is -2.45. The fourth-order valence-corrected chi connectivity index (χ4v) is 12.0. The summed E-state index contributed by atoms with van der Waals surface area (Å²) < 4.78 is 0. The zero-order valence-corrected chi connectivity index (χ0v) is 28.9. The van der Waals surface area contributed by atoms with Crippen LogP contribution in [0.25, 0.3) is 11.0 Å². The van der Waals surface area contributed by atoms with Gasteiger partial charge in [-0.05, 0) is 60.9 Å². The predicted molar refractivity (Wildman–Crippen MR) is 186 cm³/mol. The molecule has 44 heavy (non-hydrogen) atoms. The molecule has 1 aliphatic rings. The molecule has 10 heteroatoms. The van der Waals surface area contributed by atoms with E-state index in [1.54, 1.807) is 12.3 Å². The molecular weight excluding hydrogens is 567 g/mol. The number of anilines is 3. The number of H-pyrrole nitrogens is 1. The minimum atomic E-state index is -1.97. The van der Waals surface area contributed by atoms with Gasteiger partial charge in [-0.2, -0.15) is 4.98 Å². The van der Waals surface area contributed by atoms with Crippen LogP contribution < -0.4 is 15.8 Å². The van der Waals surface area contributed by atoms with Crippen LogP contribution in [0.15, 0.2) is 35.3 Å². The molecule has 1 fully saturated rings. The fraction of sp³-hybridized carbons (Fsp3) is 0.559. The molecule has 2 aromatic heterocycles. The third kappa shape index (κ3) is 7.70. The molecule has 1 saturated heterocycles. The first-order valence-electron chi connectivity index (χ1n) is 16.0. The molecule has 3 N–H and O–H groups in total. The Morgan fingerprint density at radius 1 is 1.07 bits per heavy atom. The Kier molecular flexibility index (Phi) is 11.2. The number of aromatic nitrogens is 3. The van der Waals surface area contributed by atoms with E-state index in [4.69, 9.17) is 4.98 Å². The minimum absolute atomic E-state index is 0.182. The third-order valence-electron chi connectivity index (χ3n) is 9.19. The average Bonchev–Trinajstić information content (AvgIpc) is 2.96. The van der Waals surface area contributed by atoms with Gasteiger partial charge >= 0.3 is 0 Å². The van der Waals surface area contributed by atoms with Gasteiger partial charge in [-0.15, -0.1) is 5.54 Å². The van der Waals surface area contributed by atoms with Gasteiger partial charge in [-0.25, -0.2) is 4.98 Å². The van der Waals surface area contributed by atoms with Crippen molar-refractivity contribution in [2.45, 2.75) is 71.1 Å². The van der Waals surface area contributed by atoms with Crippen molar-refractivity contribution in [3.63, 3.8) is 0 Å². The van der Waals surface area contributed by atoms with Crippen molar-refractivity contribution in [3.8, 4) is 11.5 Å². The first-order chi connectivity index (χ1) is 20.9. The van der Waals surface area contributed by atoms with Crippen LogP contribution in [0.1, 0.15) is 59.1 Å². The second-order valence-corrected chi connectivity index (χ2v) is 18.8. The Morgan fingerprint density at radius 3 is 2.39 bits per heavy atom. The molecule has 0 spiro atoms. The maximum absolute atomic E-state index is 12.7. The zero-order chi connectivity index (χ0) is 32.0. The molecule has 0 radical (unpaired) electrons. The standard InChI is InChI=1S/C34H51N7O2Si/c1-24(2)44(25(3)4,26(5)6)19-12-27-21-32(43)37-33-30(27)22-35-34(38-33)36-29-10-11-31(41-16-14-39(7)15-17-41)28(20-29)23-40(8)13-9-18-42/h10-11,20-22,24-26,42H,9,13-18,23H2,1-8H3,(H2,35,36,37,38,43). The van der Waals surface area contributed by atoms with Gasteiger partial charge in [0.1, 0.15) is 13.7 Å². The summed E-state index contributed by atoms with van der Waals surface area (Å²) in [5.41, 5.74) is 9.48. The summed E-state index contributed by atoms with van der Waals surface area (Å²) in [4.78, 5) is 32.0. The maximum Gasteiger partial charge on any atom is 0.250 e. The lowest BCUT2D eigenvalue weighted by Gasteiger charge is -2.38. The molecule has 1 aliphatic heterocycles. The van der Waals surface area contributed by atoms with E-state index >= 15 is 0 Å². The molecule has 238 valence electrons. The lowest BCUT2D eigenvalue weighted by molar-refractivity contribution is 0.244. The predicted octanol–water partition coefficient (Wildman–Crippen LogP) is 5.20. The molecule has 9 nitrogen and oxygen atoms in total. The summed E-state index contributed by atoms with van der Waals surface area (Å²) in [6.07, 6.45) is 2.50. The number of pyridine rings is 1. The third-order valence-corrected chi connectivity index (χ3v) is 15.5. The van der Waals surface area contributed by atoms with Gasteiger partial charge in [0.2, 0.25) is 5.95 Å². The number of hydrogen-bond donors (Lipinski definition) is 3. The van der Waals surface area contributed by atoms with E-state index in [0.29, 0.717) is 33.8 Å². The summed E-state index contributed by atoms with van der Waals surface area (Å²) in [6, 6.07) is 7.97. The molecule has 0 aliphatic carbocycles. The highest BCUT2D eigenvalue weighted by Gasteiger charge is 2.41. The molecule has 1 aromatic carbocycles. The molecule has 3 aromatic rings. The molecule has 0 atom stereocenters. The number of aliphatic hydroxyl groups excluding tert-OH is 1. The van der Waals surface area contributed by atoms with Crippen LogP contribution >= 0.6 is 0 Å². The number of nitrogens with one attached hydrogen (secondary N) is 2. The Bertz CT molecular complexity index is 1510. The molecule has 0 saturated carbocycles. The summed E-state index contributed by atoms with van der Waals surface area (Å²) in [5, 5.41) is 13.4. The maximum atomic E-state index is 12.7. The van der Waals surface area contributed by atoms with E-state index < -0.39 is 8.07 Å². The van der Waals surface area contributed by atoms with E-state index in [1.807, 2.05) is 0 Å². The second kappa shape index (κ2) is 14.7. The number of hydrogen-bond acceptors (Lipinski definition) is 8. The topological polar surface area (TPSA) is 101 Å². The smallest absolute Gasteiger partial charge is 0.250 e. The number of aliphatic hydroxyl groups is 1. The van der Waals surface area contributed by atoms with Crippen LogP contribution in [-0.4, -0.2) is 91.4 Å². The minimum Gasteiger partial charge on any atom is -0.396 e. The van der Waals surface area contributed by atoms with Crippen molar-refractivity contribution in [1.29, 1.82) is 0 Å². The van der Waals surface area contributed by atoms with Crippen LogP contribution in [0.3, 0.4) is 0 Å². The Labute approximate surface area is 264 Å². The van der Waals surface area contributed by atoms with Crippen molar-refractivity contribution < 1.29 is 5.11 Å². The van der Waals surface area contributed by atoms with E-state index in [0.717, 1.165) is 56.8 Å². The van der Waals surface area contributed by atoms with Crippen molar-refractivity contribution >= 4 is 36.4 Å². The quantitative estimate of drug-likeness (QED) is 0.200. The Hall–Kier alpha value is -3.23. The van der Waals surface area contributed by atoms with Gasteiger partial charge in [0.15, 0.2) is 0 Å². The molecule has 0 bridgehead atoms. The van der Waals surface area contributed by atoms with Crippen LogP contribution in [-0.2, 0) is 6.54 Å². The average molecular weight is 618 g/mol. The zero-order valence-electron chi connectivity index (χ0n) is 27.9. The van der Waals surface area contributed by atoms with Gasteiger partial charge in [0.25, 0.3) is 5.56 Å². The number of aromatic amines is 1. The summed E-state index contributed by atoms with van der Waals surface area (Å²) in [6.45, 7) is 19.5. The Morgan fingerprint density at radius 2 is 1.75 bits per heavy atom. The van der Waals surface area contributed by atoms with E-state index in [2.05, 4.69) is 115 Å². The van der Waals surface area contributed by atoms with Crippen LogP contribution in [0, 0.1) is 11.5 Å². The Balaban J connectivity index is 1.66. The molecule has 0 amide bonds. The first kappa shape index (κ1) is 33.7. The van der Waals surface area contributed by atoms with Gasteiger partial charge in [0, 0.05) is 75.1 Å². The molecule has 0 unspecified atom stereocenters. The van der Waals surface area contributed by atoms with Gasteiger partial charge < -0.3 is 30.1 Å². The summed E-state index contributed by atoms with van der Waals surface area (Å²) in [7, 11) is 2.28. The summed E-state index contributed by atoms with van der Waals surface area (Å²) >= 11 is 0. The number of nitrogens with zero attached hydrogens (tertiary/aromatic N) is 5. The number of fused-ring (bicyclic) bond motifs is 1. The number of rotatable bonds is 11. The number of piperazine rings is 1. The number of benzene rings is 1. The van der Waals surface area contributed by atoms with Gasteiger partial charge in [-0.3, -0.25) is 4.79 Å². The molecule has 3 heterocycles. The largest absolute Gasteiger partial charge is 0.396 e. The van der Waals surface area contributed by atoms with Crippen LogP contribution in [0.2, 0.25) is 16.6 Å². The number of likely N-dealkylation sites (N-methyl/N-ethyl adjacent to an activating group) is 1. The van der Waals surface area contributed by atoms with E-state index in [1.165, 1.54) is 11.3 Å². The second-order valence-electron chi connectivity index (χ2n) is 13.2. The van der Waals surface area contributed by atoms with Crippen molar-refractivity contribution in [3.05, 3.63) is 51.9 Å². The van der Waals surface area contributed by atoms with Crippen molar-refractivity contribution in [1.82, 2.24) is 24.8 Å². The SMILES string of the molecule is CC(C)[Si](C#Cc1cc(=O)[nH]c2nc(Nc3ccc(N4CCN(C)CC4)c(CN(C)CCCO)c3)ncc12)(C(C)C)C(C)C. The molecule has 4 rings (SSSR count). The van der Waals surface area contributed by atoms with Crippen LogP contribution in [0.4, 0.5) is 17.3 Å². The lowest BCUT2D eigenvalue weighted by atomic mass is 10.1. The van der Waals surface area contributed by atoms with E-state index in [-0.39, 0.29) is 12.2 Å². The van der Waals surface area contributed by atoms with Gasteiger partial charge in [-0.1, -0.05) is 47.5 Å². The highest BCUT2D eigenvalue weighted by molar-refractivity contribution is 6.90. The fourth-order valence-electron chi connectivity index (χ4n) is 6.79. The monoisotopic (exact) mass is 617 g/mol. The first-order valence-corrected chi connectivity index (χ1v) is 18.2. The highest BCUT2D eigenvalue weighted by Crippen LogP contribution is 2.41. The summed E-state index contributed by atoms with van der Waals surface area (Å²) in [5.74, 6) is 3.84. The van der Waals surface area contributed by atoms with Crippen LogP contribution in [0.5, 0.6) is 0 Å². The normalized spacial score (nSPS) is 14.6. The highest BCUT2D eigenvalue weighted by atomic mass is 28.3. The molecular formula is C34H51N7O2Si. The van der Waals surface area contributed by atoms with E-state index in [9.17, 15) is 9.90 Å².